The maximum absolute atomic E-state index is 10.6. The highest BCUT2D eigenvalue weighted by atomic mass is 16.4. The number of aromatic nitrogens is 2. The molecule has 0 aliphatic rings. The molecule has 0 amide bonds. The summed E-state index contributed by atoms with van der Waals surface area (Å²) in [7, 11) is 0. The first kappa shape index (κ1) is 26.1. The van der Waals surface area contributed by atoms with Gasteiger partial charge in [-0.15, -0.1) is 0 Å². The number of hydrogen-bond acceptors (Lipinski definition) is 3. The Morgan fingerprint density at radius 3 is 1.97 bits per heavy atom. The van der Waals surface area contributed by atoms with E-state index in [2.05, 4.69) is 66.7 Å². The fourth-order valence-corrected chi connectivity index (χ4v) is 4.54. The van der Waals surface area contributed by atoms with Crippen LogP contribution in [0.25, 0.3) is 39.8 Å². The third-order valence-electron chi connectivity index (χ3n) is 6.40. The third-order valence-corrected chi connectivity index (χ3v) is 6.40. The number of aliphatic hydroxyl groups is 1. The van der Waals surface area contributed by atoms with Gasteiger partial charge in [0.1, 0.15) is 5.69 Å². The fourth-order valence-electron chi connectivity index (χ4n) is 4.54. The van der Waals surface area contributed by atoms with Crippen molar-refractivity contribution < 1.29 is 15.0 Å². The number of unbranched alkanes of at least 4 members (excludes halogenated alkanes) is 2. The lowest BCUT2D eigenvalue weighted by molar-refractivity contribution is -0.137. The number of nitrogens with zero attached hydrogens (tertiary/aromatic N) is 2. The van der Waals surface area contributed by atoms with E-state index < -0.39 is 12.1 Å². The van der Waals surface area contributed by atoms with Gasteiger partial charge in [0.25, 0.3) is 0 Å². The van der Waals surface area contributed by atoms with Crippen LogP contribution in [0.2, 0.25) is 0 Å². The van der Waals surface area contributed by atoms with Crippen LogP contribution in [0, 0.1) is 0 Å². The molecule has 0 saturated heterocycles. The predicted molar refractivity (Wildman–Crippen MR) is 150 cm³/mol. The summed E-state index contributed by atoms with van der Waals surface area (Å²) in [4.78, 5) is 10.6. The lowest BCUT2D eigenvalue weighted by Gasteiger charge is -2.09. The highest BCUT2D eigenvalue weighted by Gasteiger charge is 2.21. The van der Waals surface area contributed by atoms with Crippen LogP contribution in [0.1, 0.15) is 44.9 Å². The van der Waals surface area contributed by atoms with Crippen LogP contribution in [0.5, 0.6) is 0 Å². The fraction of sp³-hybridized carbons (Fsp3) is 0.250. The van der Waals surface area contributed by atoms with Gasteiger partial charge < -0.3 is 10.2 Å². The van der Waals surface area contributed by atoms with Crippen LogP contribution in [-0.2, 0) is 4.79 Å². The first-order chi connectivity index (χ1) is 18.1. The Morgan fingerprint density at radius 1 is 0.784 bits per heavy atom. The number of aliphatic hydroxyl groups excluding tert-OH is 1. The van der Waals surface area contributed by atoms with Crippen molar-refractivity contribution in [2.45, 2.75) is 51.0 Å². The first-order valence-electron chi connectivity index (χ1n) is 13.0. The SMILES string of the molecule is O=C(O)CCCC(O)CCCC/C=C/n1nc(-c2ccccc2)c(-c2ccccc2)c1-c1ccccc1. The van der Waals surface area contributed by atoms with E-state index in [0.29, 0.717) is 19.3 Å². The topological polar surface area (TPSA) is 75.3 Å². The molecule has 0 aliphatic carbocycles. The zero-order chi connectivity index (χ0) is 25.9. The van der Waals surface area contributed by atoms with Crippen molar-refractivity contribution in [3.05, 3.63) is 97.1 Å². The summed E-state index contributed by atoms with van der Waals surface area (Å²) < 4.78 is 1.99. The van der Waals surface area contributed by atoms with Gasteiger partial charge in [-0.1, -0.05) is 103 Å². The van der Waals surface area contributed by atoms with Crippen LogP contribution < -0.4 is 0 Å². The average molecular weight is 495 g/mol. The van der Waals surface area contributed by atoms with E-state index in [-0.39, 0.29) is 6.42 Å². The molecule has 2 N–H and O–H groups in total. The second-order valence-electron chi connectivity index (χ2n) is 9.22. The number of carboxylic acids is 1. The van der Waals surface area contributed by atoms with Crippen molar-refractivity contribution in [3.8, 4) is 33.6 Å². The van der Waals surface area contributed by atoms with Gasteiger partial charge in [0, 0.05) is 29.3 Å². The van der Waals surface area contributed by atoms with Crippen molar-refractivity contribution in [2.75, 3.05) is 0 Å². The van der Waals surface area contributed by atoms with Crippen LogP contribution in [0.15, 0.2) is 97.1 Å². The summed E-state index contributed by atoms with van der Waals surface area (Å²) in [6, 6.07) is 31.1. The van der Waals surface area contributed by atoms with Crippen LogP contribution >= 0.6 is 0 Å². The largest absolute Gasteiger partial charge is 0.481 e. The Kier molecular flexibility index (Phi) is 9.44. The molecule has 0 aliphatic heterocycles. The summed E-state index contributed by atoms with van der Waals surface area (Å²) >= 11 is 0. The predicted octanol–water partition coefficient (Wildman–Crippen LogP) is 7.53. The molecule has 4 aromatic rings. The van der Waals surface area contributed by atoms with E-state index in [4.69, 9.17) is 10.2 Å². The van der Waals surface area contributed by atoms with Crippen molar-refractivity contribution in [1.29, 1.82) is 0 Å². The van der Waals surface area contributed by atoms with Gasteiger partial charge in [0.05, 0.1) is 11.8 Å². The van der Waals surface area contributed by atoms with E-state index in [1.165, 1.54) is 0 Å². The van der Waals surface area contributed by atoms with Crippen LogP contribution in [0.4, 0.5) is 0 Å². The average Bonchev–Trinajstić information content (AvgIpc) is 3.31. The van der Waals surface area contributed by atoms with Gasteiger partial charge in [0.15, 0.2) is 0 Å². The molecule has 0 bridgehead atoms. The van der Waals surface area contributed by atoms with Crippen molar-refractivity contribution in [1.82, 2.24) is 9.78 Å². The molecule has 3 aromatic carbocycles. The Labute approximate surface area is 218 Å². The molecule has 37 heavy (non-hydrogen) atoms. The van der Waals surface area contributed by atoms with Gasteiger partial charge in [-0.2, -0.15) is 5.10 Å². The van der Waals surface area contributed by atoms with E-state index in [9.17, 15) is 9.90 Å². The normalized spacial score (nSPS) is 12.1. The lowest BCUT2D eigenvalue weighted by Crippen LogP contribution is -2.07. The highest BCUT2D eigenvalue weighted by molar-refractivity contribution is 5.92. The molecule has 5 nitrogen and oxygen atoms in total. The monoisotopic (exact) mass is 494 g/mol. The minimum Gasteiger partial charge on any atom is -0.481 e. The number of carboxylic acid groups (broad SMARTS) is 1. The molecule has 1 heterocycles. The highest BCUT2D eigenvalue weighted by Crippen LogP contribution is 2.40. The lowest BCUT2D eigenvalue weighted by atomic mass is 9.96. The number of hydrogen-bond donors (Lipinski definition) is 2. The summed E-state index contributed by atoms with van der Waals surface area (Å²) in [5, 5.41) is 23.9. The first-order valence-corrected chi connectivity index (χ1v) is 13.0. The minimum atomic E-state index is -0.809. The molecule has 190 valence electrons. The maximum Gasteiger partial charge on any atom is 0.303 e. The second-order valence-corrected chi connectivity index (χ2v) is 9.22. The molecule has 1 unspecified atom stereocenters. The standard InChI is InChI=1S/C32H34N2O3/c35-28(22-14-23-29(36)37)21-12-1-2-13-24-34-32(27-19-10-5-11-20-27)30(25-15-6-3-7-16-25)31(33-34)26-17-8-4-9-18-26/h3-11,13,15-20,24,28,35H,1-2,12,14,21-23H2,(H,36,37)/b24-13+. The number of carbonyl (C=O) groups is 1. The van der Waals surface area contributed by atoms with Crippen molar-refractivity contribution >= 4 is 12.2 Å². The van der Waals surface area contributed by atoms with E-state index in [1.807, 2.05) is 41.2 Å². The Balaban J connectivity index is 1.56. The number of benzene rings is 3. The molecule has 0 radical (unpaired) electrons. The van der Waals surface area contributed by atoms with E-state index >= 15 is 0 Å². The van der Waals surface area contributed by atoms with Gasteiger partial charge in [-0.25, -0.2) is 4.68 Å². The molecule has 1 aromatic heterocycles. The van der Waals surface area contributed by atoms with Gasteiger partial charge in [-0.05, 0) is 37.7 Å². The van der Waals surface area contributed by atoms with Gasteiger partial charge in [-0.3, -0.25) is 4.79 Å². The minimum absolute atomic E-state index is 0.114. The summed E-state index contributed by atoms with van der Waals surface area (Å²) in [6.07, 6.45) is 8.35. The molecule has 0 spiro atoms. The smallest absolute Gasteiger partial charge is 0.303 e. The zero-order valence-electron chi connectivity index (χ0n) is 21.0. The third kappa shape index (κ3) is 7.28. The molecular weight excluding hydrogens is 460 g/mol. The number of rotatable bonds is 13. The Morgan fingerprint density at radius 2 is 1.35 bits per heavy atom. The molecule has 1 atom stereocenters. The summed E-state index contributed by atoms with van der Waals surface area (Å²) in [5.41, 5.74) is 6.40. The van der Waals surface area contributed by atoms with Crippen LogP contribution in [0.3, 0.4) is 0 Å². The van der Waals surface area contributed by atoms with Crippen molar-refractivity contribution in [2.24, 2.45) is 0 Å². The summed E-state index contributed by atoms with van der Waals surface area (Å²) in [6.45, 7) is 0. The summed E-state index contributed by atoms with van der Waals surface area (Å²) in [5.74, 6) is -0.809. The van der Waals surface area contributed by atoms with Gasteiger partial charge in [0.2, 0.25) is 0 Å². The van der Waals surface area contributed by atoms with Gasteiger partial charge >= 0.3 is 5.97 Å². The molecule has 4 rings (SSSR count). The zero-order valence-corrected chi connectivity index (χ0v) is 21.0. The molecule has 0 saturated carbocycles. The maximum atomic E-state index is 10.6. The van der Waals surface area contributed by atoms with Crippen molar-refractivity contribution in [3.63, 3.8) is 0 Å². The van der Waals surface area contributed by atoms with Crippen LogP contribution in [-0.4, -0.2) is 32.1 Å². The number of aliphatic carboxylic acids is 1. The van der Waals surface area contributed by atoms with E-state index in [1.54, 1.807) is 0 Å². The second kappa shape index (κ2) is 13.4. The Hall–Kier alpha value is -3.96. The Bertz CT molecular complexity index is 1280. The molecule has 0 fully saturated rings. The quantitative estimate of drug-likeness (QED) is 0.188. The van der Waals surface area contributed by atoms with E-state index in [0.717, 1.165) is 52.9 Å². The molecule has 5 heteroatoms. The molecular formula is C32H34N2O3. The number of allylic oxidation sites excluding steroid dienone is 1.